The van der Waals surface area contributed by atoms with E-state index in [4.69, 9.17) is 0 Å². The summed E-state index contributed by atoms with van der Waals surface area (Å²) in [6.07, 6.45) is -3.62. The number of sulfonamides is 1. The van der Waals surface area contributed by atoms with Crippen LogP contribution in [0.1, 0.15) is 33.1 Å². The van der Waals surface area contributed by atoms with Crippen molar-refractivity contribution in [1.29, 1.82) is 0 Å². The summed E-state index contributed by atoms with van der Waals surface area (Å²) in [5.74, 6) is -0.681. The second-order valence-electron chi connectivity index (χ2n) is 5.57. The summed E-state index contributed by atoms with van der Waals surface area (Å²) in [7, 11) is -3.31. The minimum absolute atomic E-state index is 0.171. The maximum absolute atomic E-state index is 12.0. The summed E-state index contributed by atoms with van der Waals surface area (Å²) < 4.78 is 65.3. The van der Waals surface area contributed by atoms with Gasteiger partial charge in [-0.2, -0.15) is 0 Å². The number of carbonyl (C=O) groups is 1. The molecule has 10 heteroatoms. The van der Waals surface area contributed by atoms with E-state index in [1.807, 2.05) is 0 Å². The summed E-state index contributed by atoms with van der Waals surface area (Å²) in [5, 5.41) is 2.03. The normalized spacial score (nSPS) is 12.2. The zero-order chi connectivity index (χ0) is 19.1. The van der Waals surface area contributed by atoms with Crippen LogP contribution in [0.25, 0.3) is 0 Å². The van der Waals surface area contributed by atoms with Gasteiger partial charge in [0.05, 0.1) is 5.25 Å². The van der Waals surface area contributed by atoms with E-state index < -0.39 is 21.6 Å². The van der Waals surface area contributed by atoms with Gasteiger partial charge >= 0.3 is 6.36 Å². The fourth-order valence-corrected chi connectivity index (χ4v) is 2.52. The number of hydrogen-bond acceptors (Lipinski definition) is 4. The van der Waals surface area contributed by atoms with Gasteiger partial charge in [0.2, 0.25) is 15.9 Å². The van der Waals surface area contributed by atoms with Crippen molar-refractivity contribution in [3.8, 4) is 5.75 Å². The van der Waals surface area contributed by atoms with E-state index in [0.717, 1.165) is 12.1 Å². The number of ether oxygens (including phenoxy) is 1. The minimum Gasteiger partial charge on any atom is -0.406 e. The Balaban J connectivity index is 2.31. The van der Waals surface area contributed by atoms with Crippen LogP contribution in [-0.4, -0.2) is 32.5 Å². The summed E-state index contributed by atoms with van der Waals surface area (Å²) in [6.45, 7) is 3.39. The van der Waals surface area contributed by atoms with Crippen LogP contribution in [0, 0.1) is 0 Å². The lowest BCUT2D eigenvalue weighted by Crippen LogP contribution is -2.31. The summed E-state index contributed by atoms with van der Waals surface area (Å²) in [5.41, 5.74) is 0.347. The Kier molecular flexibility index (Phi) is 7.68. The van der Waals surface area contributed by atoms with E-state index in [2.05, 4.69) is 14.8 Å². The number of hydrogen-bond donors (Lipinski definition) is 2. The van der Waals surface area contributed by atoms with Crippen molar-refractivity contribution in [3.63, 3.8) is 0 Å². The number of carbonyl (C=O) groups excluding carboxylic acids is 1. The van der Waals surface area contributed by atoms with Crippen molar-refractivity contribution in [2.75, 3.05) is 11.9 Å². The van der Waals surface area contributed by atoms with Crippen molar-refractivity contribution in [2.45, 2.75) is 44.7 Å². The summed E-state index contributed by atoms with van der Waals surface area (Å²) in [4.78, 5) is 11.7. The highest BCUT2D eigenvalue weighted by Crippen LogP contribution is 2.24. The third-order valence-electron chi connectivity index (χ3n) is 3.13. The van der Waals surface area contributed by atoms with Crippen LogP contribution >= 0.6 is 0 Å². The second-order valence-corrected chi connectivity index (χ2v) is 7.89. The molecule has 1 aromatic rings. The van der Waals surface area contributed by atoms with Crippen molar-refractivity contribution >= 4 is 21.6 Å². The van der Waals surface area contributed by atoms with Crippen molar-refractivity contribution in [2.24, 2.45) is 0 Å². The van der Waals surface area contributed by atoms with E-state index in [0.29, 0.717) is 18.5 Å². The van der Waals surface area contributed by atoms with E-state index >= 15 is 0 Å². The molecule has 0 aromatic heterocycles. The molecule has 6 nitrogen and oxygen atoms in total. The molecule has 0 heterocycles. The molecule has 142 valence electrons. The number of rotatable bonds is 9. The van der Waals surface area contributed by atoms with Gasteiger partial charge in [-0.15, -0.1) is 13.2 Å². The zero-order valence-electron chi connectivity index (χ0n) is 13.9. The smallest absolute Gasteiger partial charge is 0.406 e. The first-order chi connectivity index (χ1) is 11.5. The topological polar surface area (TPSA) is 84.5 Å². The predicted molar refractivity (Wildman–Crippen MR) is 87.7 cm³/mol. The molecule has 0 aliphatic heterocycles. The maximum atomic E-state index is 12.0. The number of benzene rings is 1. The Bertz CT molecular complexity index is 658. The highest BCUT2D eigenvalue weighted by molar-refractivity contribution is 7.90. The van der Waals surface area contributed by atoms with Crippen molar-refractivity contribution in [1.82, 2.24) is 4.72 Å². The van der Waals surface area contributed by atoms with Crippen LogP contribution in [-0.2, 0) is 14.8 Å². The monoisotopic (exact) mass is 382 g/mol. The number of anilines is 1. The van der Waals surface area contributed by atoms with Gasteiger partial charge < -0.3 is 10.1 Å². The summed E-state index contributed by atoms with van der Waals surface area (Å²) >= 11 is 0. The first-order valence-corrected chi connectivity index (χ1v) is 9.18. The molecule has 0 atom stereocenters. The molecule has 0 radical (unpaired) electrons. The fourth-order valence-electron chi connectivity index (χ4n) is 1.76. The van der Waals surface area contributed by atoms with Crippen molar-refractivity contribution < 1.29 is 31.1 Å². The average molecular weight is 382 g/mol. The molecule has 0 unspecified atom stereocenters. The summed E-state index contributed by atoms with van der Waals surface area (Å²) in [6, 6.07) is 4.80. The molecule has 1 amide bonds. The molecule has 0 aliphatic rings. The van der Waals surface area contributed by atoms with Gasteiger partial charge in [-0.1, -0.05) is 0 Å². The highest BCUT2D eigenvalue weighted by Gasteiger charge is 2.30. The first-order valence-electron chi connectivity index (χ1n) is 7.64. The number of alkyl halides is 3. The SMILES string of the molecule is CC(C)S(=O)(=O)NCCCCC(=O)Nc1ccc(OC(F)(F)F)cc1. The molecule has 2 N–H and O–H groups in total. The van der Waals surface area contributed by atoms with Crippen LogP contribution in [0.4, 0.5) is 18.9 Å². The Hall–Kier alpha value is -1.81. The van der Waals surface area contributed by atoms with Gasteiger partial charge in [0.25, 0.3) is 0 Å². The lowest BCUT2D eigenvalue weighted by Gasteiger charge is -2.10. The molecular formula is C15H21F3N2O4S. The zero-order valence-corrected chi connectivity index (χ0v) is 14.7. The molecule has 0 aliphatic carbocycles. The highest BCUT2D eigenvalue weighted by atomic mass is 32.2. The number of halogens is 3. The molecule has 0 saturated heterocycles. The third kappa shape index (κ3) is 8.73. The largest absolute Gasteiger partial charge is 0.573 e. The molecule has 0 saturated carbocycles. The Morgan fingerprint density at radius 1 is 1.16 bits per heavy atom. The number of nitrogens with one attached hydrogen (secondary N) is 2. The molecule has 1 aromatic carbocycles. The van der Waals surface area contributed by atoms with Gasteiger partial charge in [-0.25, -0.2) is 13.1 Å². The predicted octanol–water partition coefficient (Wildman–Crippen LogP) is 3.02. The van der Waals surface area contributed by atoms with Crippen LogP contribution in [0.3, 0.4) is 0 Å². The van der Waals surface area contributed by atoms with E-state index in [1.165, 1.54) is 12.1 Å². The Morgan fingerprint density at radius 2 is 1.76 bits per heavy atom. The molecule has 0 fully saturated rings. The number of unbranched alkanes of at least 4 members (excludes halogenated alkanes) is 1. The van der Waals surface area contributed by atoms with Crippen LogP contribution in [0.15, 0.2) is 24.3 Å². The maximum Gasteiger partial charge on any atom is 0.573 e. The van der Waals surface area contributed by atoms with Gasteiger partial charge in [-0.05, 0) is 51.0 Å². The van der Waals surface area contributed by atoms with Gasteiger partial charge in [0, 0.05) is 18.7 Å². The Morgan fingerprint density at radius 3 is 2.28 bits per heavy atom. The Labute approximate surface area is 144 Å². The average Bonchev–Trinajstić information content (AvgIpc) is 2.47. The van der Waals surface area contributed by atoms with Gasteiger partial charge in [0.1, 0.15) is 5.75 Å². The van der Waals surface area contributed by atoms with Crippen LogP contribution in [0.5, 0.6) is 5.75 Å². The van der Waals surface area contributed by atoms with E-state index in [-0.39, 0.29) is 24.6 Å². The standard InChI is InChI=1S/C15H21F3N2O4S/c1-11(2)25(22,23)19-10-4-3-5-14(21)20-12-6-8-13(9-7-12)24-15(16,17)18/h6-9,11,19H,3-5,10H2,1-2H3,(H,20,21). The fraction of sp³-hybridized carbons (Fsp3) is 0.533. The van der Waals surface area contributed by atoms with Gasteiger partial charge in [-0.3, -0.25) is 4.79 Å². The quantitative estimate of drug-likeness (QED) is 0.643. The van der Waals surface area contributed by atoms with Crippen molar-refractivity contribution in [3.05, 3.63) is 24.3 Å². The lowest BCUT2D eigenvalue weighted by atomic mass is 10.2. The lowest BCUT2D eigenvalue weighted by molar-refractivity contribution is -0.274. The van der Waals surface area contributed by atoms with E-state index in [9.17, 15) is 26.4 Å². The third-order valence-corrected chi connectivity index (χ3v) is 4.97. The molecule has 0 bridgehead atoms. The number of amides is 1. The van der Waals surface area contributed by atoms with Crippen LogP contribution in [0.2, 0.25) is 0 Å². The first kappa shape index (κ1) is 21.2. The minimum atomic E-state index is -4.76. The molecule has 25 heavy (non-hydrogen) atoms. The van der Waals surface area contributed by atoms with Crippen LogP contribution < -0.4 is 14.8 Å². The molecule has 0 spiro atoms. The second kappa shape index (κ2) is 9.04. The molecule has 1 rings (SSSR count). The molecular weight excluding hydrogens is 361 g/mol. The van der Waals surface area contributed by atoms with E-state index in [1.54, 1.807) is 13.8 Å². The van der Waals surface area contributed by atoms with Gasteiger partial charge in [0.15, 0.2) is 0 Å².